The van der Waals surface area contributed by atoms with E-state index in [2.05, 4.69) is 10.6 Å². The summed E-state index contributed by atoms with van der Waals surface area (Å²) in [4.78, 5) is 37.6. The van der Waals surface area contributed by atoms with Crippen LogP contribution in [-0.4, -0.2) is 55.5 Å². The number of nitrogens with one attached hydrogen (secondary N) is 2. The average molecular weight is 333 g/mol. The number of amides is 2. The number of ether oxygens (including phenoxy) is 1. The minimum absolute atomic E-state index is 0.265. The molecule has 1 aliphatic rings. The number of para-hydroxylation sites is 1. The summed E-state index contributed by atoms with van der Waals surface area (Å²) in [6.07, 6.45) is 1.18. The summed E-state index contributed by atoms with van der Waals surface area (Å²) < 4.78 is 4.74. The molecule has 1 aliphatic heterocycles. The molecular weight excluding hydrogens is 310 g/mol. The Balaban J connectivity index is 1.93. The predicted molar refractivity (Wildman–Crippen MR) is 89.4 cm³/mol. The Kier molecular flexibility index (Phi) is 5.92. The summed E-state index contributed by atoms with van der Waals surface area (Å²) in [5, 5.41) is 5.31. The number of anilines is 1. The first kappa shape index (κ1) is 17.9. The second kappa shape index (κ2) is 7.92. The van der Waals surface area contributed by atoms with Gasteiger partial charge in [0, 0.05) is 18.3 Å². The molecule has 1 saturated heterocycles. The third-order valence-electron chi connectivity index (χ3n) is 4.21. The number of hydrogen-bond acceptors (Lipinski definition) is 5. The van der Waals surface area contributed by atoms with Crippen molar-refractivity contribution in [2.24, 2.45) is 0 Å². The fraction of sp³-hybridized carbons (Fsp3) is 0.471. The largest absolute Gasteiger partial charge is 0.468 e. The molecule has 24 heavy (non-hydrogen) atoms. The Bertz CT molecular complexity index is 632. The molecule has 0 aliphatic carbocycles. The normalized spacial score (nSPS) is 20.5. The van der Waals surface area contributed by atoms with Gasteiger partial charge < -0.3 is 15.4 Å². The average Bonchev–Trinajstić information content (AvgIpc) is 2.94. The van der Waals surface area contributed by atoms with Crippen LogP contribution in [0, 0.1) is 0 Å². The minimum atomic E-state index is -0.708. The Morgan fingerprint density at radius 3 is 2.62 bits per heavy atom. The highest BCUT2D eigenvalue weighted by atomic mass is 16.5. The molecule has 1 aromatic rings. The molecule has 0 spiro atoms. The number of esters is 1. The second-order valence-corrected chi connectivity index (χ2v) is 5.85. The van der Waals surface area contributed by atoms with Crippen LogP contribution in [0.5, 0.6) is 0 Å². The van der Waals surface area contributed by atoms with Crippen molar-refractivity contribution in [3.05, 3.63) is 29.8 Å². The van der Waals surface area contributed by atoms with Crippen molar-refractivity contribution in [1.29, 1.82) is 0 Å². The van der Waals surface area contributed by atoms with Gasteiger partial charge in [0.1, 0.15) is 6.04 Å². The van der Waals surface area contributed by atoms with Gasteiger partial charge in [-0.05, 0) is 31.5 Å². The molecule has 2 amide bonds. The molecule has 7 nitrogen and oxygen atoms in total. The van der Waals surface area contributed by atoms with Gasteiger partial charge in [-0.15, -0.1) is 0 Å². The Labute approximate surface area is 141 Å². The molecule has 0 aromatic heterocycles. The first-order chi connectivity index (χ1) is 11.5. The number of carbonyl (C=O) groups excluding carboxylic acids is 3. The van der Waals surface area contributed by atoms with E-state index in [0.29, 0.717) is 18.7 Å². The van der Waals surface area contributed by atoms with Gasteiger partial charge in [-0.25, -0.2) is 0 Å². The third-order valence-corrected chi connectivity index (χ3v) is 4.21. The zero-order chi connectivity index (χ0) is 17.7. The van der Waals surface area contributed by atoms with Crippen molar-refractivity contribution in [1.82, 2.24) is 10.2 Å². The van der Waals surface area contributed by atoms with E-state index in [9.17, 15) is 14.4 Å². The Morgan fingerprint density at radius 1 is 1.25 bits per heavy atom. The van der Waals surface area contributed by atoms with Crippen LogP contribution in [0.25, 0.3) is 0 Å². The van der Waals surface area contributed by atoms with Crippen molar-refractivity contribution in [3.63, 3.8) is 0 Å². The molecule has 2 N–H and O–H groups in total. The molecule has 1 aromatic carbocycles. The second-order valence-electron chi connectivity index (χ2n) is 5.85. The zero-order valence-corrected chi connectivity index (χ0v) is 14.2. The highest BCUT2D eigenvalue weighted by Gasteiger charge is 2.36. The lowest BCUT2D eigenvalue weighted by atomic mass is 10.1. The quantitative estimate of drug-likeness (QED) is 0.621. The fourth-order valence-corrected chi connectivity index (χ4v) is 2.90. The first-order valence-electron chi connectivity index (χ1n) is 7.94. The number of rotatable bonds is 4. The van der Waals surface area contributed by atoms with Crippen LogP contribution in [0.2, 0.25) is 0 Å². The summed E-state index contributed by atoms with van der Waals surface area (Å²) in [5.74, 6) is -1.75. The minimum Gasteiger partial charge on any atom is -0.468 e. The summed E-state index contributed by atoms with van der Waals surface area (Å²) in [7, 11) is 3.12. The maximum Gasteiger partial charge on any atom is 0.323 e. The van der Waals surface area contributed by atoms with Crippen LogP contribution >= 0.6 is 0 Å². The van der Waals surface area contributed by atoms with Crippen LogP contribution in [0.3, 0.4) is 0 Å². The fourth-order valence-electron chi connectivity index (χ4n) is 2.90. The highest BCUT2D eigenvalue weighted by molar-refractivity contribution is 6.39. The number of hydrogen-bond donors (Lipinski definition) is 2. The molecule has 0 radical (unpaired) electrons. The van der Waals surface area contributed by atoms with E-state index in [4.69, 9.17) is 4.74 Å². The lowest BCUT2D eigenvalue weighted by molar-refractivity contribution is -0.145. The molecule has 0 bridgehead atoms. The van der Waals surface area contributed by atoms with Crippen LogP contribution in [0.4, 0.5) is 5.69 Å². The molecule has 2 atom stereocenters. The highest BCUT2D eigenvalue weighted by Crippen LogP contribution is 2.18. The van der Waals surface area contributed by atoms with E-state index in [0.717, 1.165) is 12.0 Å². The Morgan fingerprint density at radius 2 is 1.96 bits per heavy atom. The van der Waals surface area contributed by atoms with Crippen LogP contribution in [0.15, 0.2) is 24.3 Å². The molecule has 0 saturated carbocycles. The van der Waals surface area contributed by atoms with E-state index in [1.54, 1.807) is 24.1 Å². The molecule has 130 valence electrons. The number of likely N-dealkylation sites (N-methyl/N-ethyl adjacent to an activating group) is 1. The van der Waals surface area contributed by atoms with Gasteiger partial charge in [-0.3, -0.25) is 19.3 Å². The van der Waals surface area contributed by atoms with Crippen LogP contribution in [-0.2, 0) is 25.5 Å². The van der Waals surface area contributed by atoms with Crippen molar-refractivity contribution in [2.45, 2.75) is 31.8 Å². The van der Waals surface area contributed by atoms with Gasteiger partial charge in [0.25, 0.3) is 0 Å². The lowest BCUT2D eigenvalue weighted by Gasteiger charge is -2.15. The molecule has 0 unspecified atom stereocenters. The molecular formula is C17H23N3O4. The van der Waals surface area contributed by atoms with Gasteiger partial charge in [0.15, 0.2) is 0 Å². The maximum absolute atomic E-state index is 12.1. The monoisotopic (exact) mass is 333 g/mol. The maximum atomic E-state index is 12.1. The smallest absolute Gasteiger partial charge is 0.323 e. The van der Waals surface area contributed by atoms with Crippen LogP contribution < -0.4 is 10.6 Å². The topological polar surface area (TPSA) is 87.7 Å². The molecule has 7 heteroatoms. The predicted octanol–water partition coefficient (Wildman–Crippen LogP) is 0.549. The van der Waals surface area contributed by atoms with Crippen molar-refractivity contribution >= 4 is 23.5 Å². The molecule has 1 heterocycles. The molecule has 2 rings (SSSR count). The van der Waals surface area contributed by atoms with Gasteiger partial charge in [-0.2, -0.15) is 0 Å². The van der Waals surface area contributed by atoms with E-state index in [1.807, 2.05) is 19.1 Å². The zero-order valence-electron chi connectivity index (χ0n) is 14.2. The SMILES string of the molecule is CCc1ccccc1NC(=O)C(=O)N[C@H]1C[C@@H](C(=O)OC)N(C)C1. The van der Waals surface area contributed by atoms with E-state index in [1.165, 1.54) is 7.11 Å². The molecule has 1 fully saturated rings. The number of methoxy groups -OCH3 is 1. The number of likely N-dealkylation sites (tertiary alicyclic amines) is 1. The standard InChI is InChI=1S/C17H23N3O4/c1-4-11-7-5-6-8-13(11)19-16(22)15(21)18-12-9-14(17(23)24-3)20(2)10-12/h5-8,12,14H,4,9-10H2,1-3H3,(H,18,21)(H,19,22)/t12-,14-/m0/s1. The van der Waals surface area contributed by atoms with Gasteiger partial charge in [0.05, 0.1) is 7.11 Å². The van der Waals surface area contributed by atoms with Gasteiger partial charge >= 0.3 is 17.8 Å². The summed E-state index contributed by atoms with van der Waals surface area (Å²) in [5.41, 5.74) is 1.60. The number of aryl methyl sites for hydroxylation is 1. The van der Waals surface area contributed by atoms with Crippen molar-refractivity contribution < 1.29 is 19.1 Å². The van der Waals surface area contributed by atoms with E-state index in [-0.39, 0.29) is 12.0 Å². The third kappa shape index (κ3) is 4.11. The first-order valence-corrected chi connectivity index (χ1v) is 7.94. The van der Waals surface area contributed by atoms with Gasteiger partial charge in [0.2, 0.25) is 0 Å². The van der Waals surface area contributed by atoms with E-state index < -0.39 is 17.9 Å². The van der Waals surface area contributed by atoms with Crippen LogP contribution in [0.1, 0.15) is 18.9 Å². The Hall–Kier alpha value is -2.41. The number of nitrogens with zero attached hydrogens (tertiary/aromatic N) is 1. The van der Waals surface area contributed by atoms with Gasteiger partial charge in [-0.1, -0.05) is 25.1 Å². The number of carbonyl (C=O) groups is 3. The lowest BCUT2D eigenvalue weighted by Crippen LogP contribution is -2.42. The van der Waals surface area contributed by atoms with Crippen molar-refractivity contribution in [3.8, 4) is 0 Å². The summed E-state index contributed by atoms with van der Waals surface area (Å²) in [6.45, 7) is 2.47. The van der Waals surface area contributed by atoms with Crippen molar-refractivity contribution in [2.75, 3.05) is 26.0 Å². The summed E-state index contributed by atoms with van der Waals surface area (Å²) >= 11 is 0. The number of benzene rings is 1. The van der Waals surface area contributed by atoms with E-state index >= 15 is 0 Å². The summed E-state index contributed by atoms with van der Waals surface area (Å²) in [6, 6.07) is 6.69.